The number of hydrogen-bond donors (Lipinski definition) is 0. The Morgan fingerprint density at radius 1 is 1.26 bits per heavy atom. The molecule has 1 aliphatic heterocycles. The monoisotopic (exact) mass is 554 g/mol. The van der Waals surface area contributed by atoms with Crippen molar-refractivity contribution in [3.8, 4) is 23.1 Å². The summed E-state index contributed by atoms with van der Waals surface area (Å²) in [6.07, 6.45) is 6.81. The van der Waals surface area contributed by atoms with E-state index in [9.17, 15) is 10.1 Å². The van der Waals surface area contributed by atoms with Gasteiger partial charge in [-0.1, -0.05) is 6.07 Å². The predicted molar refractivity (Wildman–Crippen MR) is 157 cm³/mol. The number of methoxy groups -OCH3 is 1. The molecule has 0 unspecified atom stereocenters. The first-order valence-electron chi connectivity index (χ1n) is 13.2. The number of hydrogen-bond acceptors (Lipinski definition) is 5. The molecule has 0 spiro atoms. The minimum atomic E-state index is -0.556. The molecule has 8 nitrogen and oxygen atoms in total. The molecule has 42 heavy (non-hydrogen) atoms. The molecule has 1 aliphatic carbocycles. The van der Waals surface area contributed by atoms with Gasteiger partial charge in [0.1, 0.15) is 11.8 Å². The van der Waals surface area contributed by atoms with Crippen LogP contribution in [0.15, 0.2) is 95.8 Å². The molecule has 3 heterocycles. The Morgan fingerprint density at radius 3 is 2.93 bits per heavy atom. The second kappa shape index (κ2) is 11.2. The third kappa shape index (κ3) is 4.95. The van der Waals surface area contributed by atoms with Crippen LogP contribution in [0.4, 0.5) is 4.39 Å². The van der Waals surface area contributed by atoms with E-state index in [1.54, 1.807) is 42.6 Å². The maximum atomic E-state index is 15.1. The Labute approximate surface area is 242 Å². The molecule has 2 aromatic heterocycles. The Morgan fingerprint density at radius 2 is 2.12 bits per heavy atom. The van der Waals surface area contributed by atoms with Crippen molar-refractivity contribution in [1.29, 1.82) is 5.26 Å². The Kier molecular flexibility index (Phi) is 7.12. The van der Waals surface area contributed by atoms with Crippen LogP contribution in [0.5, 0.6) is 5.75 Å². The Bertz CT molecular complexity index is 1930. The van der Waals surface area contributed by atoms with Crippen LogP contribution in [0.3, 0.4) is 0 Å². The van der Waals surface area contributed by atoms with Gasteiger partial charge in [-0.25, -0.2) is 0 Å². The van der Waals surface area contributed by atoms with Gasteiger partial charge >= 0.3 is 184 Å². The number of nitriles is 1. The van der Waals surface area contributed by atoms with Crippen molar-refractivity contribution in [1.82, 2.24) is 24.0 Å². The van der Waals surface area contributed by atoms with Gasteiger partial charge in [-0.2, -0.15) is 5.26 Å². The zero-order chi connectivity index (χ0) is 29.2. The van der Waals surface area contributed by atoms with Crippen LogP contribution >= 0.6 is 0 Å². The van der Waals surface area contributed by atoms with Gasteiger partial charge in [0, 0.05) is 0 Å². The van der Waals surface area contributed by atoms with Gasteiger partial charge in [-0.15, -0.1) is 0 Å². The van der Waals surface area contributed by atoms with Crippen molar-refractivity contribution in [2.45, 2.75) is 26.1 Å². The maximum absolute atomic E-state index is 15.1. The molecule has 2 aromatic carbocycles. The molecule has 2 aliphatic rings. The number of amides is 1. The number of ether oxygens (including phenoxy) is 1. The molecule has 0 N–H and O–H groups in total. The Balaban J connectivity index is 1.31. The van der Waals surface area contributed by atoms with E-state index >= 15 is 4.39 Å². The van der Waals surface area contributed by atoms with Crippen LogP contribution in [0.1, 0.15) is 22.6 Å². The van der Waals surface area contributed by atoms with Crippen molar-refractivity contribution in [2.24, 2.45) is 0 Å². The second-order valence-electron chi connectivity index (χ2n) is 9.87. The fraction of sp³-hybridized carbons (Fsp3) is 0.156. The molecule has 1 amide bonds. The van der Waals surface area contributed by atoms with Crippen molar-refractivity contribution < 1.29 is 13.9 Å². The quantitative estimate of drug-likeness (QED) is 0.258. The number of aromatic nitrogens is 4. The van der Waals surface area contributed by atoms with Crippen LogP contribution in [0.2, 0.25) is 0 Å². The molecule has 0 radical (unpaired) electrons. The zero-order valence-corrected chi connectivity index (χ0v) is 22.8. The number of imidazole rings is 2. The average Bonchev–Trinajstić information content (AvgIpc) is 3.58. The van der Waals surface area contributed by atoms with E-state index in [0.717, 1.165) is 22.3 Å². The van der Waals surface area contributed by atoms with E-state index in [4.69, 9.17) is 9.72 Å². The third-order valence-corrected chi connectivity index (χ3v) is 7.37. The van der Waals surface area contributed by atoms with Crippen LogP contribution in [-0.2, 0) is 30.8 Å². The summed E-state index contributed by atoms with van der Waals surface area (Å²) in [7, 11) is 1.52. The standard InChI is InChI=1S/C32H24BFN6O2/c1-33-26-7-4-3-6-24(26)28-18-38-17-25-27(34)8-5-9-29(25)40(19-31(38)37-28)32(41)13-23-15-36-20-39(23)16-21-10-11-22(14-35)30(12-21)42-2/h3-4,6-7,9-12,15,18,20H,1,13,16-17,19H2,2H3. The molecule has 0 saturated carbocycles. The van der Waals surface area contributed by atoms with Gasteiger partial charge in [0.05, 0.1) is 12.7 Å². The molecule has 0 fully saturated rings. The van der Waals surface area contributed by atoms with Crippen molar-refractivity contribution in [2.75, 3.05) is 7.11 Å². The summed E-state index contributed by atoms with van der Waals surface area (Å²) in [6, 6.07) is 15.2. The van der Waals surface area contributed by atoms with Crippen LogP contribution in [-0.4, -0.2) is 50.4 Å². The van der Waals surface area contributed by atoms with Gasteiger partial charge in [0.25, 0.3) is 0 Å². The molecule has 204 valence electrons. The Hall–Kier alpha value is -5.48. The van der Waals surface area contributed by atoms with Crippen LogP contribution in [0, 0.1) is 11.3 Å². The van der Waals surface area contributed by atoms with E-state index in [0.29, 0.717) is 40.6 Å². The molecule has 0 bridgehead atoms. The molecule has 0 saturated heterocycles. The molecule has 10 heteroatoms. The van der Waals surface area contributed by atoms with Crippen molar-refractivity contribution in [3.63, 3.8) is 0 Å². The van der Waals surface area contributed by atoms with Gasteiger partial charge in [0.15, 0.2) is 0 Å². The van der Waals surface area contributed by atoms with Crippen LogP contribution in [0.25, 0.3) is 11.3 Å². The number of carbonyl (C=O) groups is 1. The van der Waals surface area contributed by atoms with Gasteiger partial charge in [0.2, 0.25) is 0 Å². The number of halogens is 1. The summed E-state index contributed by atoms with van der Waals surface area (Å²) in [5, 5.41) is 9.29. The first kappa shape index (κ1) is 26.7. The molecular weight excluding hydrogens is 530 g/mol. The summed E-state index contributed by atoms with van der Waals surface area (Å²) in [5.41, 5.74) is 10.6. The van der Waals surface area contributed by atoms with Crippen molar-refractivity contribution >= 4 is 24.8 Å². The summed E-state index contributed by atoms with van der Waals surface area (Å²) in [4.78, 5) is 24.6. The van der Waals surface area contributed by atoms with Crippen LogP contribution < -0.4 is 10.2 Å². The van der Waals surface area contributed by atoms with E-state index in [1.165, 1.54) is 7.11 Å². The molecule has 0 atom stereocenters. The van der Waals surface area contributed by atoms with Gasteiger partial charge in [-0.05, 0) is 17.7 Å². The summed E-state index contributed by atoms with van der Waals surface area (Å²) in [5.74, 6) is 0.319. The number of rotatable bonds is 7. The number of fused-ring (bicyclic) bond motifs is 1. The van der Waals surface area contributed by atoms with E-state index in [-0.39, 0.29) is 25.4 Å². The fourth-order valence-corrected chi connectivity index (χ4v) is 5.22. The van der Waals surface area contributed by atoms with E-state index < -0.39 is 5.83 Å². The van der Waals surface area contributed by atoms with E-state index in [2.05, 4.69) is 29.0 Å². The predicted octanol–water partition coefficient (Wildman–Crippen LogP) is 3.45. The van der Waals surface area contributed by atoms with Gasteiger partial charge < -0.3 is 4.74 Å². The first-order chi connectivity index (χ1) is 20.5. The summed E-state index contributed by atoms with van der Waals surface area (Å²) in [6.45, 7) is 6.46. The minimum absolute atomic E-state index is 0.0277. The summed E-state index contributed by atoms with van der Waals surface area (Å²) < 4.78 is 24.2. The molecular formula is C32H24BFN6O2. The van der Waals surface area contributed by atoms with Gasteiger partial charge in [-0.3, -0.25) is 0 Å². The number of nitrogens with zero attached hydrogens (tertiary/aromatic N) is 6. The normalized spacial score (nSPS) is 13.5. The van der Waals surface area contributed by atoms with E-state index in [1.807, 2.05) is 45.7 Å². The summed E-state index contributed by atoms with van der Waals surface area (Å²) >= 11 is 0. The third-order valence-electron chi connectivity index (χ3n) is 7.37. The average molecular weight is 554 g/mol. The first-order valence-corrected chi connectivity index (χ1v) is 13.2. The van der Waals surface area contributed by atoms with Crippen molar-refractivity contribution in [3.05, 3.63) is 118 Å². The zero-order valence-electron chi connectivity index (χ0n) is 22.8. The number of carbonyl (C=O) groups excluding carboxylic acids is 1. The topological polar surface area (TPSA) is 89.0 Å². The number of allylic oxidation sites excluding steroid dienone is 3. The fourth-order valence-electron chi connectivity index (χ4n) is 5.22. The molecule has 4 aromatic rings. The second-order valence-corrected chi connectivity index (χ2v) is 9.87. The number of benzene rings is 2. The SMILES string of the molecule is C=Bc1ccccc1-c1cn2c(n1)CN(C(=O)Cc1cncn1Cc1ccc(C#N)c(OC)c1)C1=C(C2)C(F)=C=C=C1. The molecule has 6 rings (SSSR count).